The van der Waals surface area contributed by atoms with Gasteiger partial charge in [0.05, 0.1) is 43.7 Å². The first-order chi connectivity index (χ1) is 69.3. The van der Waals surface area contributed by atoms with Crippen LogP contribution in [0.4, 0.5) is 17.6 Å². The molecule has 6 spiro atoms. The standard InChI is InChI=1S/C28H39FN2O7.C26H37FN2O6.C26H34FNO8.C23H29FO6.C3H7NO3/c1-17-11-20-21-6-5-18-12-19(30-38-10-8-24(33)31(3)4)7-9-25(18,2)27(21,29)23(32)13-22(20)28(17)26(36-16-37-28)14-34-15-35-26;1-15-11-18-19-6-5-16-12-17(28-35-10-8-23(33)29(3)4)7-9-24(16,2)26(19,27)21(31)13-20(18)25(15,34)22(32)14-30;1-15-9-18-19-4-3-16-10-17(28-36-8-6-22(30)31)5-7-23(16,2)25(19,27)21(29)11-20(18)26(15)24(34-14-35-26)12-32-13-33-24;1-13-7-16-17-4-3-14-8-15(25)5-6-20(14,2)22(17,24)19(26)9-18(16)23(13)21(29-12-30-23)10-27-11-28-21;1-3(7-5)2-6-4/h7,9,12,17,20-23,32H,5-6,8,10-11,13-16H2,1-4H3;7,9,12,15,18-21,30-31,34H,5-6,8,10-11,13-14H2,1-4H3;5,7,10,15,18-21,29H,3-4,6,8-9,11-14H2,1-2H3,(H,30,31);5-6,8,13,16-19,26H,3-4,7,9-12H2,1-2H3;5H,1-2,4H2/b30-19+;2*28-17+;;/t17-,20+,21+,22?,23+,25+,26?,27+,28-;15-,18+,19+,20?,21+,24+,25-,26+;15-,18+,19+,20?,21+,23+,24?,25+,26-;13-,16+,17+,18?,19+,20+,21?,22+,23-;/m1111./s1. The second-order valence-electron chi connectivity index (χ2n) is 45.8. The van der Waals surface area contributed by atoms with Crippen molar-refractivity contribution >= 4 is 46.5 Å². The van der Waals surface area contributed by atoms with Crippen LogP contribution in [0.5, 0.6) is 0 Å². The fourth-order valence-electron chi connectivity index (χ4n) is 32.6. The van der Waals surface area contributed by atoms with Gasteiger partial charge in [0.2, 0.25) is 29.2 Å². The molecule has 7 unspecified atom stereocenters. The largest absolute Gasteiger partial charge is 0.481 e. The highest BCUT2D eigenvalue weighted by molar-refractivity contribution is 6.07. The number of alkyl halides is 4. The molecule has 35 atom stereocenters. The highest BCUT2D eigenvalue weighted by Gasteiger charge is 2.83. The number of fused-ring (bicyclic) bond motifs is 26. The number of nitrogens with zero attached hydrogens (tertiary/aromatic N) is 5. The third-order valence-electron chi connectivity index (χ3n) is 39.4. The van der Waals surface area contributed by atoms with E-state index in [-0.39, 0.29) is 232 Å². The maximum Gasteiger partial charge on any atom is 0.306 e. The fourth-order valence-corrected chi connectivity index (χ4v) is 32.6. The number of aliphatic hydroxyl groups excluding tert-OH is 5. The van der Waals surface area contributed by atoms with Gasteiger partial charge in [-0.15, -0.1) is 0 Å². The van der Waals surface area contributed by atoms with Crippen LogP contribution in [0.25, 0.3) is 0 Å². The Morgan fingerprint density at radius 3 is 1.04 bits per heavy atom. The van der Waals surface area contributed by atoms with E-state index in [0.717, 1.165) is 41.6 Å². The highest BCUT2D eigenvalue weighted by atomic mass is 19.2. The van der Waals surface area contributed by atoms with E-state index in [4.69, 9.17) is 81.7 Å². The van der Waals surface area contributed by atoms with E-state index in [1.807, 2.05) is 39.0 Å². The van der Waals surface area contributed by atoms with Gasteiger partial charge in [0.15, 0.2) is 80.8 Å². The number of hydrogen-bond donors (Lipinski definition) is 9. The summed E-state index contributed by atoms with van der Waals surface area (Å²) < 4.78 is 141. The number of Topliss-reactive ketones (excluding diaryl/α,β-unsaturated/α-hetero) is 1. The monoisotopic (exact) mass is 2060 g/mol. The van der Waals surface area contributed by atoms with Gasteiger partial charge in [-0.1, -0.05) is 96.3 Å². The number of hydrogen-bond acceptors (Lipinski definition) is 33. The lowest BCUT2D eigenvalue weighted by atomic mass is 9.47. The number of allylic oxidation sites excluding steroid dienone is 16. The molecule has 0 bridgehead atoms. The van der Waals surface area contributed by atoms with Crippen molar-refractivity contribution in [2.45, 2.75) is 264 Å². The Labute approximate surface area is 847 Å². The molecule has 12 saturated carbocycles. The van der Waals surface area contributed by atoms with Crippen LogP contribution in [-0.2, 0) is 105 Å². The summed E-state index contributed by atoms with van der Waals surface area (Å²) in [5, 5.41) is 95.3. The average molecular weight is 2060 g/mol. The van der Waals surface area contributed by atoms with Crippen LogP contribution < -0.4 is 5.90 Å². The van der Waals surface area contributed by atoms with Crippen LogP contribution in [0, 0.1) is 116 Å². The van der Waals surface area contributed by atoms with Gasteiger partial charge in [0.1, 0.15) is 92.4 Å². The van der Waals surface area contributed by atoms with Crippen molar-refractivity contribution in [3.63, 3.8) is 0 Å². The zero-order chi connectivity index (χ0) is 105. The lowest BCUT2D eigenvalue weighted by Gasteiger charge is -2.60. The number of carboxylic acids is 1. The minimum Gasteiger partial charge on any atom is -0.481 e. The van der Waals surface area contributed by atoms with Gasteiger partial charge in [-0.3, -0.25) is 28.8 Å². The Bertz CT molecular complexity index is 5330. The maximum absolute atomic E-state index is 17.6. The van der Waals surface area contributed by atoms with Gasteiger partial charge in [-0.25, -0.2) is 28.7 Å². The molecule has 6 heterocycles. The number of carboxylic acid groups (broad SMARTS) is 1. The van der Waals surface area contributed by atoms with Crippen LogP contribution in [0.2, 0.25) is 0 Å². The van der Waals surface area contributed by atoms with Crippen LogP contribution in [0.1, 0.15) is 177 Å². The summed E-state index contributed by atoms with van der Waals surface area (Å²) in [5.74, 6) is -2.97. The Hall–Kier alpha value is -7.50. The average Bonchev–Trinajstić information content (AvgIpc) is 1.50. The molecule has 6 saturated heterocycles. The van der Waals surface area contributed by atoms with E-state index in [9.17, 15) is 54.6 Å². The van der Waals surface area contributed by atoms with Gasteiger partial charge in [0, 0.05) is 79.4 Å². The Balaban J connectivity index is 0.000000125. The number of ether oxygens (including phenoxy) is 12. The molecule has 36 nitrogen and oxygen atoms in total. The van der Waals surface area contributed by atoms with E-state index in [1.54, 1.807) is 90.6 Å². The molecule has 0 aromatic carbocycles. The summed E-state index contributed by atoms with van der Waals surface area (Å²) in [6.07, 6.45) is 24.7. The smallest absolute Gasteiger partial charge is 0.306 e. The number of nitrogens with two attached hydrogens (primary N) is 1. The summed E-state index contributed by atoms with van der Waals surface area (Å²) in [7, 11) is 6.74. The van der Waals surface area contributed by atoms with Crippen molar-refractivity contribution in [2.24, 2.45) is 138 Å². The number of aliphatic hydroxyl groups is 6. The van der Waals surface area contributed by atoms with Crippen LogP contribution >= 0.6 is 0 Å². The van der Waals surface area contributed by atoms with Crippen molar-refractivity contribution in [3.8, 4) is 0 Å². The summed E-state index contributed by atoms with van der Waals surface area (Å²) in [6.45, 7) is 19.8. The van der Waals surface area contributed by atoms with Crippen LogP contribution in [0.3, 0.4) is 0 Å². The van der Waals surface area contributed by atoms with Crippen molar-refractivity contribution in [3.05, 3.63) is 108 Å². The molecule has 808 valence electrons. The molecule has 40 heteroatoms. The van der Waals surface area contributed by atoms with E-state index in [2.05, 4.69) is 58.4 Å². The summed E-state index contributed by atoms with van der Waals surface area (Å²) in [5.41, 5.74) is -10.4. The van der Waals surface area contributed by atoms with Crippen molar-refractivity contribution in [2.75, 3.05) is 122 Å². The molecule has 16 aliphatic carbocycles. The first-order valence-corrected chi connectivity index (χ1v) is 51.8. The van der Waals surface area contributed by atoms with Crippen LogP contribution in [-0.4, -0.2) is 306 Å². The van der Waals surface area contributed by atoms with E-state index < -0.39 is 145 Å². The van der Waals surface area contributed by atoms with E-state index in [1.165, 1.54) is 15.9 Å². The molecule has 10 N–H and O–H groups in total. The lowest BCUT2D eigenvalue weighted by Crippen LogP contribution is -2.68. The van der Waals surface area contributed by atoms with Crippen molar-refractivity contribution in [1.29, 1.82) is 0 Å². The zero-order valence-electron chi connectivity index (χ0n) is 85.4. The first kappa shape index (κ1) is 108. The van der Waals surface area contributed by atoms with Gasteiger partial charge in [0.25, 0.3) is 0 Å². The number of carbonyl (C=O) groups is 5. The Morgan fingerprint density at radius 1 is 0.445 bits per heavy atom. The lowest BCUT2D eigenvalue weighted by molar-refractivity contribution is -0.249. The van der Waals surface area contributed by atoms with Gasteiger partial charge >= 0.3 is 5.97 Å². The fraction of sp³-hybridized carbons (Fsp3) is 0.755. The zero-order valence-corrected chi connectivity index (χ0v) is 85.4. The number of oxime groups is 3. The SMILES string of the molecule is C=C(CON)OO.C[C@@H]1C[C@@H]2C(C[C@H](O)[C@@]3(F)[C@H]2CCC2=C/C(=N/OCCC(=O)N(C)C)C=C[C@@]23C)[C@@]1(O)C(=O)CO.C[C@@H]1C[C@@H]2C(C[C@H](O)[C@@]3(F)[C@H]2CCC2=C/C(=N/OCCC(=O)N(C)C)C=C[C@@]23C)[C@]12OCOC21COCO1.C[C@@H]1C[C@@H]2C(C[C@H](O)[C@@]3(F)[C@H]2CCC2=C/C(=N/OCCC(=O)O)C=C[C@@]23C)[C@]12OCOC21COCO1.C[C@@H]1C[C@@H]2C(C[C@H](O)[C@@]3(F)[C@H]2CCC2=CC(=O)C=C[C@@]23C)[C@]12OCOC21COCO1. The van der Waals surface area contributed by atoms with E-state index in [0.29, 0.717) is 74.9 Å². The van der Waals surface area contributed by atoms with Gasteiger partial charge < -0.3 is 122 Å². The second kappa shape index (κ2) is 40.2. The molecule has 0 aromatic rings. The Kier molecular flexibility index (Phi) is 29.8. The number of halogens is 4. The molecule has 6 aliphatic heterocycles. The minimum absolute atomic E-state index is 0.0104. The summed E-state index contributed by atoms with van der Waals surface area (Å²) >= 11 is 0. The molecule has 22 aliphatic rings. The second-order valence-corrected chi connectivity index (χ2v) is 45.8. The molecule has 2 amide bonds. The van der Waals surface area contributed by atoms with E-state index >= 15 is 17.6 Å². The predicted octanol–water partition coefficient (Wildman–Crippen LogP) is 10.2. The molecule has 18 fully saturated rings. The molecule has 146 heavy (non-hydrogen) atoms. The van der Waals surface area contributed by atoms with Gasteiger partial charge in [-0.05, 0) is 244 Å². The molecular formula is C106H146F4N6O30. The number of aliphatic carboxylic acids is 1. The third kappa shape index (κ3) is 16.3. The molecule has 22 rings (SSSR count). The minimum atomic E-state index is -1.97. The topological polar surface area (TPSA) is 474 Å². The number of amides is 2. The molecular weight excluding hydrogens is 1910 g/mol. The number of ketones is 2. The van der Waals surface area contributed by atoms with Crippen molar-refractivity contribution in [1.82, 2.24) is 9.80 Å². The quantitative estimate of drug-likeness (QED) is 0.0215. The normalized spacial score (nSPS) is 47.4. The third-order valence-corrected chi connectivity index (χ3v) is 39.4. The molecule has 0 radical (unpaired) electrons. The maximum atomic E-state index is 17.6. The Morgan fingerprint density at radius 2 is 0.747 bits per heavy atom. The van der Waals surface area contributed by atoms with Gasteiger partial charge in [-0.2, -0.15) is 0 Å². The molecule has 0 aromatic heterocycles. The summed E-state index contributed by atoms with van der Waals surface area (Å²) in [6, 6.07) is 0. The predicted molar refractivity (Wildman–Crippen MR) is 510 cm³/mol. The van der Waals surface area contributed by atoms with Crippen molar-refractivity contribution < 1.29 is 164 Å². The highest BCUT2D eigenvalue weighted by Crippen LogP contribution is 2.76. The van der Waals surface area contributed by atoms with Crippen LogP contribution in [0.15, 0.2) is 123 Å². The first-order valence-electron chi connectivity index (χ1n) is 51.8. The number of carbonyl (C=O) groups excluding carboxylic acids is 4. The summed E-state index contributed by atoms with van der Waals surface area (Å²) in [4.78, 5) is 85.0. The number of rotatable bonds is 17.